The molecular weight excluding hydrogens is 330 g/mol. The van der Waals surface area contributed by atoms with Gasteiger partial charge in [0.2, 0.25) is 0 Å². The Labute approximate surface area is 132 Å². The number of hydrogen-bond acceptors (Lipinski definition) is 3. The fourth-order valence-corrected chi connectivity index (χ4v) is 2.37. The second-order valence-electron chi connectivity index (χ2n) is 4.73. The molecule has 0 heterocycles. The van der Waals surface area contributed by atoms with Gasteiger partial charge in [-0.25, -0.2) is 0 Å². The van der Waals surface area contributed by atoms with Crippen molar-refractivity contribution < 1.29 is 4.79 Å². The summed E-state index contributed by atoms with van der Waals surface area (Å²) in [7, 11) is 0. The predicted molar refractivity (Wildman–Crippen MR) is 91.0 cm³/mol. The average Bonchev–Trinajstić information content (AvgIpc) is 2.44. The first kappa shape index (κ1) is 15.4. The summed E-state index contributed by atoms with van der Waals surface area (Å²) in [6, 6.07) is 11.1. The molecular formula is C16H18BrN3O. The number of nitrogens with one attached hydrogen (secondary N) is 2. The highest BCUT2D eigenvalue weighted by atomic mass is 79.9. The Balaban J connectivity index is 2.41. The van der Waals surface area contributed by atoms with Gasteiger partial charge in [-0.3, -0.25) is 4.79 Å². The van der Waals surface area contributed by atoms with Gasteiger partial charge in [0.25, 0.3) is 5.91 Å². The third-order valence-electron chi connectivity index (χ3n) is 3.09. The first-order valence-corrected chi connectivity index (χ1v) is 7.52. The number of benzene rings is 2. The van der Waals surface area contributed by atoms with Crippen LogP contribution in [0, 0.1) is 6.92 Å². The first-order chi connectivity index (χ1) is 10.0. The minimum atomic E-state index is -0.122. The van der Waals surface area contributed by atoms with E-state index >= 15 is 0 Å². The van der Waals surface area contributed by atoms with Crippen LogP contribution in [0.3, 0.4) is 0 Å². The Morgan fingerprint density at radius 1 is 1.24 bits per heavy atom. The highest BCUT2D eigenvalue weighted by Crippen LogP contribution is 2.30. The fourth-order valence-electron chi connectivity index (χ4n) is 2.01. The standard InChI is InChI=1S/C16H18BrN3O/c1-3-19-16(21)12-8-7-11(18)9-14(12)20-13-6-4-5-10(2)15(13)17/h4-9,20H,3,18H2,1-2H3,(H,19,21). The van der Waals surface area contributed by atoms with E-state index in [-0.39, 0.29) is 5.91 Å². The van der Waals surface area contributed by atoms with Crippen molar-refractivity contribution in [3.63, 3.8) is 0 Å². The number of anilines is 3. The van der Waals surface area contributed by atoms with Crippen LogP contribution in [0.5, 0.6) is 0 Å². The molecule has 2 rings (SSSR count). The van der Waals surface area contributed by atoms with E-state index in [0.717, 1.165) is 15.7 Å². The maximum Gasteiger partial charge on any atom is 0.253 e. The number of amides is 1. The van der Waals surface area contributed by atoms with Gasteiger partial charge in [0.15, 0.2) is 0 Å². The highest BCUT2D eigenvalue weighted by molar-refractivity contribution is 9.10. The van der Waals surface area contributed by atoms with Crippen molar-refractivity contribution in [2.75, 3.05) is 17.6 Å². The molecule has 0 radical (unpaired) electrons. The minimum absolute atomic E-state index is 0.122. The first-order valence-electron chi connectivity index (χ1n) is 6.72. The van der Waals surface area contributed by atoms with E-state index < -0.39 is 0 Å². The lowest BCUT2D eigenvalue weighted by atomic mass is 10.1. The van der Waals surface area contributed by atoms with Gasteiger partial charge in [-0.2, -0.15) is 0 Å². The molecule has 0 bridgehead atoms. The monoisotopic (exact) mass is 347 g/mol. The fraction of sp³-hybridized carbons (Fsp3) is 0.188. The zero-order chi connectivity index (χ0) is 15.4. The normalized spacial score (nSPS) is 10.2. The Morgan fingerprint density at radius 3 is 2.71 bits per heavy atom. The Morgan fingerprint density at radius 2 is 2.00 bits per heavy atom. The van der Waals surface area contributed by atoms with E-state index in [0.29, 0.717) is 23.5 Å². The van der Waals surface area contributed by atoms with Crippen LogP contribution in [-0.2, 0) is 0 Å². The summed E-state index contributed by atoms with van der Waals surface area (Å²) < 4.78 is 0.967. The van der Waals surface area contributed by atoms with Crippen molar-refractivity contribution in [2.45, 2.75) is 13.8 Å². The van der Waals surface area contributed by atoms with Gasteiger partial charge >= 0.3 is 0 Å². The van der Waals surface area contributed by atoms with Crippen LogP contribution in [0.25, 0.3) is 0 Å². The van der Waals surface area contributed by atoms with Gasteiger partial charge in [0.05, 0.1) is 16.9 Å². The highest BCUT2D eigenvalue weighted by Gasteiger charge is 2.12. The molecule has 110 valence electrons. The number of aryl methyl sites for hydroxylation is 1. The molecule has 0 aliphatic heterocycles. The maximum atomic E-state index is 12.1. The molecule has 2 aromatic rings. The lowest BCUT2D eigenvalue weighted by Crippen LogP contribution is -2.23. The minimum Gasteiger partial charge on any atom is -0.399 e. The summed E-state index contributed by atoms with van der Waals surface area (Å²) in [6.45, 7) is 4.48. The molecule has 0 fully saturated rings. The van der Waals surface area contributed by atoms with Gasteiger partial charge < -0.3 is 16.4 Å². The smallest absolute Gasteiger partial charge is 0.253 e. The van der Waals surface area contributed by atoms with E-state index in [9.17, 15) is 4.79 Å². The van der Waals surface area contributed by atoms with Crippen LogP contribution < -0.4 is 16.4 Å². The van der Waals surface area contributed by atoms with Crippen LogP contribution in [0.15, 0.2) is 40.9 Å². The lowest BCUT2D eigenvalue weighted by Gasteiger charge is -2.14. The Hall–Kier alpha value is -2.01. The SMILES string of the molecule is CCNC(=O)c1ccc(N)cc1Nc1cccc(C)c1Br. The predicted octanol–water partition coefficient (Wildman–Crippen LogP) is 3.83. The molecule has 0 unspecified atom stereocenters. The molecule has 0 atom stereocenters. The zero-order valence-corrected chi connectivity index (χ0v) is 13.6. The Kier molecular flexibility index (Phi) is 4.85. The van der Waals surface area contributed by atoms with Crippen molar-refractivity contribution in [3.8, 4) is 0 Å². The second kappa shape index (κ2) is 6.63. The number of nitrogens with two attached hydrogens (primary N) is 1. The summed E-state index contributed by atoms with van der Waals surface area (Å²) in [5.41, 5.74) is 9.71. The Bertz CT molecular complexity index is 671. The van der Waals surface area contributed by atoms with Crippen molar-refractivity contribution in [1.29, 1.82) is 0 Å². The van der Waals surface area contributed by atoms with Crippen LogP contribution in [0.4, 0.5) is 17.1 Å². The van der Waals surface area contributed by atoms with Gasteiger partial charge in [0, 0.05) is 16.7 Å². The topological polar surface area (TPSA) is 67.2 Å². The number of rotatable bonds is 4. The number of halogens is 1. The van der Waals surface area contributed by atoms with E-state index in [2.05, 4.69) is 26.6 Å². The number of carbonyl (C=O) groups excluding carboxylic acids is 1. The summed E-state index contributed by atoms with van der Waals surface area (Å²) >= 11 is 3.55. The van der Waals surface area contributed by atoms with Crippen LogP contribution in [-0.4, -0.2) is 12.5 Å². The van der Waals surface area contributed by atoms with Gasteiger partial charge in [-0.05, 0) is 59.6 Å². The molecule has 4 N–H and O–H groups in total. The number of hydrogen-bond donors (Lipinski definition) is 3. The zero-order valence-electron chi connectivity index (χ0n) is 12.0. The molecule has 0 aliphatic rings. The number of nitrogen functional groups attached to an aromatic ring is 1. The van der Waals surface area contributed by atoms with E-state index in [4.69, 9.17) is 5.73 Å². The molecule has 0 saturated carbocycles. The second-order valence-corrected chi connectivity index (χ2v) is 5.52. The molecule has 4 nitrogen and oxygen atoms in total. The largest absolute Gasteiger partial charge is 0.399 e. The van der Waals surface area contributed by atoms with Gasteiger partial charge in [-0.1, -0.05) is 12.1 Å². The summed E-state index contributed by atoms with van der Waals surface area (Å²) in [4.78, 5) is 12.1. The van der Waals surface area contributed by atoms with E-state index in [1.807, 2.05) is 32.0 Å². The molecule has 0 saturated heterocycles. The molecule has 0 aromatic heterocycles. The summed E-state index contributed by atoms with van der Waals surface area (Å²) in [5, 5.41) is 6.08. The van der Waals surface area contributed by atoms with Crippen LogP contribution in [0.2, 0.25) is 0 Å². The molecule has 5 heteroatoms. The summed E-state index contributed by atoms with van der Waals surface area (Å²) in [6.07, 6.45) is 0. The van der Waals surface area contributed by atoms with Crippen molar-refractivity contribution in [3.05, 3.63) is 52.0 Å². The van der Waals surface area contributed by atoms with Gasteiger partial charge in [-0.15, -0.1) is 0 Å². The van der Waals surface area contributed by atoms with Crippen molar-refractivity contribution >= 4 is 38.9 Å². The third-order valence-corrected chi connectivity index (χ3v) is 4.14. The average molecular weight is 348 g/mol. The summed E-state index contributed by atoms with van der Waals surface area (Å²) in [5.74, 6) is -0.122. The third kappa shape index (κ3) is 3.55. The van der Waals surface area contributed by atoms with E-state index in [1.54, 1.807) is 18.2 Å². The maximum absolute atomic E-state index is 12.1. The molecule has 0 aliphatic carbocycles. The number of carbonyl (C=O) groups is 1. The van der Waals surface area contributed by atoms with Crippen molar-refractivity contribution in [2.24, 2.45) is 0 Å². The molecule has 0 spiro atoms. The molecule has 2 aromatic carbocycles. The van der Waals surface area contributed by atoms with Crippen molar-refractivity contribution in [1.82, 2.24) is 5.32 Å². The van der Waals surface area contributed by atoms with Crippen LogP contribution >= 0.6 is 15.9 Å². The lowest BCUT2D eigenvalue weighted by molar-refractivity contribution is 0.0956. The van der Waals surface area contributed by atoms with Gasteiger partial charge in [0.1, 0.15) is 0 Å². The molecule has 1 amide bonds. The van der Waals surface area contributed by atoms with E-state index in [1.165, 1.54) is 0 Å². The molecule has 21 heavy (non-hydrogen) atoms. The quantitative estimate of drug-likeness (QED) is 0.736. The van der Waals surface area contributed by atoms with Crippen LogP contribution in [0.1, 0.15) is 22.8 Å².